The van der Waals surface area contributed by atoms with Crippen molar-refractivity contribution in [2.45, 2.75) is 13.8 Å². The van der Waals surface area contributed by atoms with E-state index in [9.17, 15) is 4.79 Å². The minimum Gasteiger partial charge on any atom is -0.486 e. The van der Waals surface area contributed by atoms with E-state index < -0.39 is 0 Å². The molecule has 0 unspecified atom stereocenters. The number of nitrogens with one attached hydrogen (secondary N) is 1. The highest BCUT2D eigenvalue weighted by molar-refractivity contribution is 6.34. The van der Waals surface area contributed by atoms with E-state index in [0.717, 1.165) is 22.6 Å². The van der Waals surface area contributed by atoms with Gasteiger partial charge in [0.25, 0.3) is 0 Å². The Morgan fingerprint density at radius 3 is 2.55 bits per heavy atom. The van der Waals surface area contributed by atoms with Gasteiger partial charge in [-0.3, -0.25) is 4.79 Å². The molecule has 0 bridgehead atoms. The molecule has 4 rings (SSSR count). The lowest BCUT2D eigenvalue weighted by Crippen LogP contribution is -2.16. The summed E-state index contributed by atoms with van der Waals surface area (Å²) in [7, 11) is 0. The standard InChI is InChI=1S/C22H20ClN3O3/c1-14-17(15(2)26(25-14)16-6-4-3-5-7-16)8-9-22(27)24-19-13-21-20(12-18(19)23)28-10-11-29-21/h3-9,12-13H,10-11H2,1-2H3,(H,24,27)/b9-8+. The maximum atomic E-state index is 12.4. The van der Waals surface area contributed by atoms with Gasteiger partial charge in [-0.2, -0.15) is 5.10 Å². The van der Waals surface area contributed by atoms with Crippen molar-refractivity contribution in [2.75, 3.05) is 18.5 Å². The molecule has 3 aromatic rings. The lowest BCUT2D eigenvalue weighted by molar-refractivity contribution is -0.111. The molecule has 148 valence electrons. The Balaban J connectivity index is 1.53. The molecule has 0 radical (unpaired) electrons. The summed E-state index contributed by atoms with van der Waals surface area (Å²) in [6.45, 7) is 4.84. The molecular weight excluding hydrogens is 390 g/mol. The highest BCUT2D eigenvalue weighted by Crippen LogP contribution is 2.38. The third-order valence-electron chi connectivity index (χ3n) is 4.64. The van der Waals surface area contributed by atoms with Crippen molar-refractivity contribution in [3.8, 4) is 17.2 Å². The number of carbonyl (C=O) groups is 1. The van der Waals surface area contributed by atoms with Crippen LogP contribution in [0.3, 0.4) is 0 Å². The smallest absolute Gasteiger partial charge is 0.248 e. The largest absolute Gasteiger partial charge is 0.486 e. The minimum absolute atomic E-state index is 0.296. The Labute approximate surface area is 173 Å². The summed E-state index contributed by atoms with van der Waals surface area (Å²) >= 11 is 6.26. The molecule has 1 aliphatic rings. The van der Waals surface area contributed by atoms with Crippen LogP contribution in [0.1, 0.15) is 17.0 Å². The molecule has 0 saturated heterocycles. The molecule has 0 fully saturated rings. The number of aromatic nitrogens is 2. The van der Waals surface area contributed by atoms with Gasteiger partial charge in [-0.25, -0.2) is 4.68 Å². The molecule has 1 N–H and O–H groups in total. The second kappa shape index (κ2) is 8.01. The second-order valence-electron chi connectivity index (χ2n) is 6.63. The molecule has 1 amide bonds. The molecular formula is C22H20ClN3O3. The zero-order chi connectivity index (χ0) is 20.4. The number of ether oxygens (including phenoxy) is 2. The maximum Gasteiger partial charge on any atom is 0.248 e. The zero-order valence-electron chi connectivity index (χ0n) is 16.1. The number of amides is 1. The number of rotatable bonds is 4. The van der Waals surface area contributed by atoms with Gasteiger partial charge in [0.05, 0.1) is 22.1 Å². The number of fused-ring (bicyclic) bond motifs is 1. The van der Waals surface area contributed by atoms with E-state index in [0.29, 0.717) is 35.4 Å². The van der Waals surface area contributed by atoms with Crippen LogP contribution < -0.4 is 14.8 Å². The molecule has 0 spiro atoms. The molecule has 7 heteroatoms. The number of hydrogen-bond acceptors (Lipinski definition) is 4. The monoisotopic (exact) mass is 409 g/mol. The van der Waals surface area contributed by atoms with E-state index >= 15 is 0 Å². The Kier molecular flexibility index (Phi) is 5.27. The summed E-state index contributed by atoms with van der Waals surface area (Å²) in [5.41, 5.74) is 4.14. The fraction of sp³-hybridized carbons (Fsp3) is 0.182. The summed E-state index contributed by atoms with van der Waals surface area (Å²) in [4.78, 5) is 12.4. The van der Waals surface area contributed by atoms with Crippen molar-refractivity contribution in [2.24, 2.45) is 0 Å². The fourth-order valence-electron chi connectivity index (χ4n) is 3.21. The number of anilines is 1. The zero-order valence-corrected chi connectivity index (χ0v) is 16.9. The Bertz CT molecular complexity index is 1090. The van der Waals surface area contributed by atoms with Gasteiger partial charge in [0.2, 0.25) is 5.91 Å². The SMILES string of the molecule is Cc1nn(-c2ccccc2)c(C)c1/C=C/C(=O)Nc1cc2c(cc1Cl)OCCO2. The number of para-hydroxylation sites is 1. The predicted octanol–water partition coefficient (Wildman–Crippen LogP) is 4.57. The number of aryl methyl sites for hydroxylation is 1. The summed E-state index contributed by atoms with van der Waals surface area (Å²) in [5, 5.41) is 7.76. The highest BCUT2D eigenvalue weighted by Gasteiger charge is 2.16. The van der Waals surface area contributed by atoms with Gasteiger partial charge in [-0.05, 0) is 32.1 Å². The molecule has 0 saturated carbocycles. The molecule has 6 nitrogen and oxygen atoms in total. The summed E-state index contributed by atoms with van der Waals surface area (Å²) in [5.74, 6) is 0.847. The quantitative estimate of drug-likeness (QED) is 0.641. The summed E-state index contributed by atoms with van der Waals surface area (Å²) < 4.78 is 12.9. The van der Waals surface area contributed by atoms with Crippen molar-refractivity contribution < 1.29 is 14.3 Å². The fourth-order valence-corrected chi connectivity index (χ4v) is 3.41. The first-order chi connectivity index (χ1) is 14.0. The third kappa shape index (κ3) is 3.98. The van der Waals surface area contributed by atoms with Crippen LogP contribution in [-0.4, -0.2) is 28.9 Å². The van der Waals surface area contributed by atoms with Crippen molar-refractivity contribution in [3.05, 3.63) is 70.5 Å². The number of hydrogen-bond donors (Lipinski definition) is 1. The van der Waals surface area contributed by atoms with Crippen LogP contribution in [0.25, 0.3) is 11.8 Å². The lowest BCUT2D eigenvalue weighted by atomic mass is 10.2. The predicted molar refractivity (Wildman–Crippen MR) is 113 cm³/mol. The lowest BCUT2D eigenvalue weighted by Gasteiger charge is -2.19. The van der Waals surface area contributed by atoms with Crippen LogP contribution in [0, 0.1) is 13.8 Å². The second-order valence-corrected chi connectivity index (χ2v) is 7.04. The normalized spacial score (nSPS) is 12.9. The van der Waals surface area contributed by atoms with E-state index in [2.05, 4.69) is 10.4 Å². The summed E-state index contributed by atoms with van der Waals surface area (Å²) in [6.07, 6.45) is 3.23. The average Bonchev–Trinajstić information content (AvgIpc) is 3.01. The van der Waals surface area contributed by atoms with Crippen LogP contribution in [0.5, 0.6) is 11.5 Å². The molecule has 29 heavy (non-hydrogen) atoms. The van der Waals surface area contributed by atoms with E-state index in [1.54, 1.807) is 18.2 Å². The van der Waals surface area contributed by atoms with Gasteiger partial charge < -0.3 is 14.8 Å². The van der Waals surface area contributed by atoms with E-state index in [4.69, 9.17) is 21.1 Å². The van der Waals surface area contributed by atoms with Crippen LogP contribution in [0.15, 0.2) is 48.5 Å². The highest BCUT2D eigenvalue weighted by atomic mass is 35.5. The molecule has 2 aromatic carbocycles. The first kappa shape index (κ1) is 19.1. The first-order valence-corrected chi connectivity index (χ1v) is 9.60. The Morgan fingerprint density at radius 2 is 1.83 bits per heavy atom. The van der Waals surface area contributed by atoms with Crippen LogP contribution >= 0.6 is 11.6 Å². The van der Waals surface area contributed by atoms with E-state index in [-0.39, 0.29) is 5.91 Å². The number of nitrogens with zero attached hydrogens (tertiary/aromatic N) is 2. The number of benzene rings is 2. The number of carbonyl (C=O) groups excluding carboxylic acids is 1. The molecule has 1 aromatic heterocycles. The Hall–Kier alpha value is -3.25. The molecule has 2 heterocycles. The van der Waals surface area contributed by atoms with Gasteiger partial charge in [-0.1, -0.05) is 29.8 Å². The van der Waals surface area contributed by atoms with Gasteiger partial charge in [0.1, 0.15) is 13.2 Å². The van der Waals surface area contributed by atoms with Gasteiger partial charge in [0, 0.05) is 29.5 Å². The first-order valence-electron chi connectivity index (χ1n) is 9.23. The topological polar surface area (TPSA) is 65.4 Å². The van der Waals surface area contributed by atoms with Crippen molar-refractivity contribution in [3.63, 3.8) is 0 Å². The summed E-state index contributed by atoms with van der Waals surface area (Å²) in [6, 6.07) is 13.2. The van der Waals surface area contributed by atoms with Crippen LogP contribution in [0.4, 0.5) is 5.69 Å². The van der Waals surface area contributed by atoms with E-state index in [1.165, 1.54) is 6.08 Å². The van der Waals surface area contributed by atoms with Gasteiger partial charge in [0.15, 0.2) is 11.5 Å². The number of halogens is 1. The van der Waals surface area contributed by atoms with Crippen molar-refractivity contribution >= 4 is 29.3 Å². The van der Waals surface area contributed by atoms with Gasteiger partial charge in [-0.15, -0.1) is 0 Å². The molecule has 0 aliphatic carbocycles. The third-order valence-corrected chi connectivity index (χ3v) is 4.95. The van der Waals surface area contributed by atoms with Crippen LogP contribution in [0.2, 0.25) is 5.02 Å². The van der Waals surface area contributed by atoms with Gasteiger partial charge >= 0.3 is 0 Å². The van der Waals surface area contributed by atoms with Crippen molar-refractivity contribution in [1.29, 1.82) is 0 Å². The van der Waals surface area contributed by atoms with E-state index in [1.807, 2.05) is 48.9 Å². The van der Waals surface area contributed by atoms with Crippen LogP contribution in [-0.2, 0) is 4.79 Å². The minimum atomic E-state index is -0.296. The molecule has 0 atom stereocenters. The van der Waals surface area contributed by atoms with Crippen molar-refractivity contribution in [1.82, 2.24) is 9.78 Å². The average molecular weight is 410 g/mol. The maximum absolute atomic E-state index is 12.4. The Morgan fingerprint density at radius 1 is 1.14 bits per heavy atom. The molecule has 1 aliphatic heterocycles.